The van der Waals surface area contributed by atoms with Gasteiger partial charge in [-0.25, -0.2) is 0 Å². The van der Waals surface area contributed by atoms with Gasteiger partial charge in [-0.05, 0) is 26.0 Å². The molecule has 0 aliphatic carbocycles. The summed E-state index contributed by atoms with van der Waals surface area (Å²) in [5, 5.41) is 2.98. The predicted molar refractivity (Wildman–Crippen MR) is 91.8 cm³/mol. The molecule has 1 aromatic carbocycles. The van der Waals surface area contributed by atoms with Crippen LogP contribution in [0.25, 0.3) is 0 Å². The van der Waals surface area contributed by atoms with Crippen LogP contribution >= 0.6 is 0 Å². The van der Waals surface area contributed by atoms with Gasteiger partial charge in [0, 0.05) is 26.7 Å². The fraction of sp³-hybridized carbons (Fsp3) is 0.588. The average molecular weight is 321 g/mol. The molecule has 3 unspecified atom stereocenters. The smallest absolute Gasteiger partial charge is 0.227 e. The van der Waals surface area contributed by atoms with Crippen LogP contribution in [0.15, 0.2) is 24.3 Å². The van der Waals surface area contributed by atoms with E-state index in [1.165, 1.54) is 0 Å². The van der Waals surface area contributed by atoms with Crippen molar-refractivity contribution in [3.05, 3.63) is 24.3 Å². The van der Waals surface area contributed by atoms with Crippen molar-refractivity contribution >= 4 is 17.3 Å². The molecule has 0 radical (unpaired) electrons. The highest BCUT2D eigenvalue weighted by Crippen LogP contribution is 2.28. The van der Waals surface area contributed by atoms with Gasteiger partial charge in [0.15, 0.2) is 0 Å². The quantitative estimate of drug-likeness (QED) is 0.832. The molecular formula is C17H27N3O3. The Balaban J connectivity index is 2.09. The van der Waals surface area contributed by atoms with Gasteiger partial charge in [0.1, 0.15) is 0 Å². The molecule has 3 atom stereocenters. The lowest BCUT2D eigenvalue weighted by molar-refractivity contribution is -0.118. The summed E-state index contributed by atoms with van der Waals surface area (Å²) in [7, 11) is 1.56. The Morgan fingerprint density at radius 3 is 2.65 bits per heavy atom. The first kappa shape index (κ1) is 17.7. The highest BCUT2D eigenvalue weighted by atomic mass is 16.5. The average Bonchev–Trinajstić information content (AvgIpc) is 2.52. The van der Waals surface area contributed by atoms with E-state index < -0.39 is 0 Å². The molecular weight excluding hydrogens is 294 g/mol. The van der Waals surface area contributed by atoms with Gasteiger partial charge in [-0.3, -0.25) is 4.79 Å². The van der Waals surface area contributed by atoms with E-state index in [1.807, 2.05) is 24.3 Å². The van der Waals surface area contributed by atoms with E-state index in [-0.39, 0.29) is 30.6 Å². The van der Waals surface area contributed by atoms with Gasteiger partial charge in [0.05, 0.1) is 36.1 Å². The molecule has 0 saturated carbocycles. The van der Waals surface area contributed by atoms with Gasteiger partial charge in [0.2, 0.25) is 5.91 Å². The number of hydrogen-bond donors (Lipinski definition) is 2. The number of para-hydroxylation sites is 2. The predicted octanol–water partition coefficient (Wildman–Crippen LogP) is 1.60. The number of nitrogens with two attached hydrogens (primary N) is 1. The van der Waals surface area contributed by atoms with Crippen molar-refractivity contribution < 1.29 is 14.3 Å². The fourth-order valence-electron chi connectivity index (χ4n) is 2.90. The SMILES string of the molecule is COC(CN)CC(=O)Nc1ccccc1N1CC(C)OC(C)C1. The van der Waals surface area contributed by atoms with Crippen molar-refractivity contribution in [1.82, 2.24) is 0 Å². The number of ether oxygens (including phenoxy) is 2. The van der Waals surface area contributed by atoms with Crippen LogP contribution in [0.1, 0.15) is 20.3 Å². The van der Waals surface area contributed by atoms with Crippen molar-refractivity contribution in [2.45, 2.75) is 38.6 Å². The largest absolute Gasteiger partial charge is 0.380 e. The summed E-state index contributed by atoms with van der Waals surface area (Å²) < 4.78 is 11.0. The van der Waals surface area contributed by atoms with Gasteiger partial charge >= 0.3 is 0 Å². The van der Waals surface area contributed by atoms with Crippen molar-refractivity contribution in [2.75, 3.05) is 37.0 Å². The van der Waals surface area contributed by atoms with Crippen molar-refractivity contribution in [1.29, 1.82) is 0 Å². The lowest BCUT2D eigenvalue weighted by atomic mass is 10.1. The Labute approximate surface area is 137 Å². The van der Waals surface area contributed by atoms with Crippen molar-refractivity contribution in [2.24, 2.45) is 5.73 Å². The molecule has 1 saturated heterocycles. The summed E-state index contributed by atoms with van der Waals surface area (Å²) >= 11 is 0. The Hall–Kier alpha value is -1.63. The maximum absolute atomic E-state index is 12.2. The number of nitrogens with zero attached hydrogens (tertiary/aromatic N) is 1. The third-order valence-corrected chi connectivity index (χ3v) is 3.95. The Kier molecular flexibility index (Phi) is 6.38. The highest BCUT2D eigenvalue weighted by Gasteiger charge is 2.24. The molecule has 128 valence electrons. The van der Waals surface area contributed by atoms with E-state index in [4.69, 9.17) is 15.2 Å². The number of benzene rings is 1. The number of nitrogens with one attached hydrogen (secondary N) is 1. The number of anilines is 2. The summed E-state index contributed by atoms with van der Waals surface area (Å²) in [6.45, 7) is 6.06. The van der Waals surface area contributed by atoms with Crippen molar-refractivity contribution in [3.63, 3.8) is 0 Å². The van der Waals surface area contributed by atoms with Crippen LogP contribution in [0.5, 0.6) is 0 Å². The van der Waals surface area contributed by atoms with Crippen LogP contribution in [-0.4, -0.2) is 51.0 Å². The number of amides is 1. The molecule has 1 aromatic rings. The van der Waals surface area contributed by atoms with Crippen LogP contribution in [0.3, 0.4) is 0 Å². The number of carbonyl (C=O) groups is 1. The zero-order valence-corrected chi connectivity index (χ0v) is 14.1. The second kappa shape index (κ2) is 8.29. The van der Waals surface area contributed by atoms with E-state index in [2.05, 4.69) is 24.1 Å². The molecule has 2 rings (SSSR count). The number of rotatable bonds is 6. The number of methoxy groups -OCH3 is 1. The molecule has 0 aromatic heterocycles. The van der Waals surface area contributed by atoms with Crippen LogP contribution in [0.2, 0.25) is 0 Å². The lowest BCUT2D eigenvalue weighted by Crippen LogP contribution is -2.45. The minimum Gasteiger partial charge on any atom is -0.380 e. The molecule has 1 fully saturated rings. The van der Waals surface area contributed by atoms with Crippen LogP contribution in [-0.2, 0) is 14.3 Å². The van der Waals surface area contributed by atoms with E-state index in [0.717, 1.165) is 24.5 Å². The third kappa shape index (κ3) is 4.92. The second-order valence-electron chi connectivity index (χ2n) is 6.03. The topological polar surface area (TPSA) is 76.8 Å². The normalized spacial score (nSPS) is 22.7. The zero-order chi connectivity index (χ0) is 16.8. The molecule has 3 N–H and O–H groups in total. The Morgan fingerprint density at radius 2 is 2.04 bits per heavy atom. The lowest BCUT2D eigenvalue weighted by Gasteiger charge is -2.37. The monoisotopic (exact) mass is 321 g/mol. The Morgan fingerprint density at radius 1 is 1.39 bits per heavy atom. The van der Waals surface area contributed by atoms with E-state index in [9.17, 15) is 4.79 Å². The molecule has 23 heavy (non-hydrogen) atoms. The summed E-state index contributed by atoms with van der Waals surface area (Å²) in [6, 6.07) is 7.84. The van der Waals surface area contributed by atoms with Gasteiger partial charge in [0.25, 0.3) is 0 Å². The minimum absolute atomic E-state index is 0.0934. The van der Waals surface area contributed by atoms with Crippen LogP contribution in [0.4, 0.5) is 11.4 Å². The highest BCUT2D eigenvalue weighted by molar-refractivity contribution is 5.94. The van der Waals surface area contributed by atoms with Gasteiger partial charge in [-0.2, -0.15) is 0 Å². The number of hydrogen-bond acceptors (Lipinski definition) is 5. The minimum atomic E-state index is -0.259. The van der Waals surface area contributed by atoms with E-state index in [0.29, 0.717) is 6.54 Å². The molecule has 1 heterocycles. The number of morpholine rings is 1. The summed E-state index contributed by atoms with van der Waals surface area (Å²) in [5.74, 6) is -0.0934. The molecule has 1 aliphatic heterocycles. The maximum atomic E-state index is 12.2. The van der Waals surface area contributed by atoms with E-state index in [1.54, 1.807) is 7.11 Å². The first-order chi connectivity index (χ1) is 11.0. The summed E-state index contributed by atoms with van der Waals surface area (Å²) in [4.78, 5) is 14.5. The molecule has 0 spiro atoms. The Bertz CT molecular complexity index is 510. The molecule has 6 nitrogen and oxygen atoms in total. The van der Waals surface area contributed by atoms with Gasteiger partial charge < -0.3 is 25.4 Å². The second-order valence-corrected chi connectivity index (χ2v) is 6.03. The van der Waals surface area contributed by atoms with Gasteiger partial charge in [-0.15, -0.1) is 0 Å². The van der Waals surface area contributed by atoms with Crippen LogP contribution < -0.4 is 16.0 Å². The molecule has 1 aliphatic rings. The molecule has 1 amide bonds. The fourth-order valence-corrected chi connectivity index (χ4v) is 2.90. The molecule has 0 bridgehead atoms. The standard InChI is InChI=1S/C17H27N3O3/c1-12-10-20(11-13(2)23-12)16-7-5-4-6-15(16)19-17(21)8-14(9-18)22-3/h4-7,12-14H,8-11,18H2,1-3H3,(H,19,21). The summed E-state index contributed by atoms with van der Waals surface area (Å²) in [5.41, 5.74) is 7.40. The third-order valence-electron chi connectivity index (χ3n) is 3.95. The summed E-state index contributed by atoms with van der Waals surface area (Å²) in [6.07, 6.45) is 0.317. The van der Waals surface area contributed by atoms with Gasteiger partial charge in [-0.1, -0.05) is 12.1 Å². The molecule has 6 heteroatoms. The van der Waals surface area contributed by atoms with Crippen molar-refractivity contribution in [3.8, 4) is 0 Å². The van der Waals surface area contributed by atoms with E-state index >= 15 is 0 Å². The maximum Gasteiger partial charge on any atom is 0.227 e. The number of carbonyl (C=O) groups excluding carboxylic acids is 1. The van der Waals surface area contributed by atoms with Crippen LogP contribution in [0, 0.1) is 0 Å². The zero-order valence-electron chi connectivity index (χ0n) is 14.1. The first-order valence-corrected chi connectivity index (χ1v) is 8.05. The first-order valence-electron chi connectivity index (χ1n) is 8.05.